The number of halogens is 1. The molecule has 0 amide bonds. The number of fused-ring (bicyclic) bond motifs is 1. The lowest BCUT2D eigenvalue weighted by Crippen LogP contribution is -2.46. The van der Waals surface area contributed by atoms with Gasteiger partial charge in [-0.05, 0) is 38.0 Å². The van der Waals surface area contributed by atoms with Gasteiger partial charge in [0.15, 0.2) is 0 Å². The smallest absolute Gasteiger partial charge is 0.261 e. The Morgan fingerprint density at radius 3 is 2.64 bits per heavy atom. The van der Waals surface area contributed by atoms with Gasteiger partial charge in [-0.1, -0.05) is 29.3 Å². The fourth-order valence-electron chi connectivity index (χ4n) is 3.77. The van der Waals surface area contributed by atoms with Crippen molar-refractivity contribution in [2.24, 2.45) is 0 Å². The minimum absolute atomic E-state index is 0.0723. The molecule has 1 aliphatic heterocycles. The highest BCUT2D eigenvalue weighted by molar-refractivity contribution is 9.10. The van der Waals surface area contributed by atoms with E-state index in [1.807, 2.05) is 30.5 Å². The summed E-state index contributed by atoms with van der Waals surface area (Å²) >= 11 is 3.51. The molecule has 1 aliphatic rings. The molecule has 0 radical (unpaired) electrons. The molecule has 2 aromatic rings. The van der Waals surface area contributed by atoms with Crippen molar-refractivity contribution in [3.63, 3.8) is 0 Å². The van der Waals surface area contributed by atoms with Gasteiger partial charge < -0.3 is 5.32 Å². The normalized spacial score (nSPS) is 17.1. The summed E-state index contributed by atoms with van der Waals surface area (Å²) in [7, 11) is 0. The van der Waals surface area contributed by atoms with Crippen LogP contribution in [0.4, 0.5) is 0 Å². The minimum Gasteiger partial charge on any atom is -0.314 e. The maximum atomic E-state index is 13.1. The van der Waals surface area contributed by atoms with Gasteiger partial charge in [-0.3, -0.25) is 14.3 Å². The molecule has 1 atom stereocenters. The van der Waals surface area contributed by atoms with Crippen LogP contribution in [0.1, 0.15) is 44.1 Å². The summed E-state index contributed by atoms with van der Waals surface area (Å²) in [5.74, 6) is 0.925. The van der Waals surface area contributed by atoms with Gasteiger partial charge in [0.25, 0.3) is 5.56 Å². The summed E-state index contributed by atoms with van der Waals surface area (Å²) < 4.78 is 2.80. The van der Waals surface area contributed by atoms with E-state index in [1.165, 1.54) is 0 Å². The molecule has 6 heteroatoms. The van der Waals surface area contributed by atoms with Gasteiger partial charge in [0.05, 0.1) is 16.9 Å². The zero-order valence-corrected chi connectivity index (χ0v) is 16.9. The lowest BCUT2D eigenvalue weighted by atomic mass is 10.1. The molecule has 3 rings (SSSR count). The topological polar surface area (TPSA) is 50.2 Å². The zero-order chi connectivity index (χ0) is 18.0. The van der Waals surface area contributed by atoms with Crippen LogP contribution >= 0.6 is 15.9 Å². The second-order valence-corrected chi connectivity index (χ2v) is 7.64. The maximum Gasteiger partial charge on any atom is 0.261 e. The Bertz CT molecular complexity index is 811. The van der Waals surface area contributed by atoms with E-state index in [4.69, 9.17) is 4.98 Å². The molecular weight excluding hydrogens is 380 g/mol. The molecule has 136 valence electrons. The monoisotopic (exact) mass is 406 g/mol. The van der Waals surface area contributed by atoms with Crippen LogP contribution in [0.5, 0.6) is 0 Å². The SMILES string of the molecule is CCCC(c1nc2c(C)cc(Br)cc2c(=O)n1CC)N1CCNCC1. The van der Waals surface area contributed by atoms with Crippen molar-refractivity contribution in [3.05, 3.63) is 38.3 Å². The fourth-order valence-corrected chi connectivity index (χ4v) is 4.35. The molecule has 1 saturated heterocycles. The Kier molecular flexibility index (Phi) is 5.92. The third-order valence-electron chi connectivity index (χ3n) is 5.01. The molecule has 5 nitrogen and oxygen atoms in total. The van der Waals surface area contributed by atoms with E-state index in [1.54, 1.807) is 0 Å². The van der Waals surface area contributed by atoms with E-state index in [9.17, 15) is 4.79 Å². The molecule has 0 saturated carbocycles. The molecule has 0 bridgehead atoms. The van der Waals surface area contributed by atoms with Crippen molar-refractivity contribution < 1.29 is 0 Å². The Morgan fingerprint density at radius 1 is 1.28 bits per heavy atom. The second-order valence-electron chi connectivity index (χ2n) is 6.73. The molecule has 1 aromatic carbocycles. The summed E-state index contributed by atoms with van der Waals surface area (Å²) in [6.07, 6.45) is 2.10. The first-order chi connectivity index (χ1) is 12.1. The van der Waals surface area contributed by atoms with E-state index < -0.39 is 0 Å². The van der Waals surface area contributed by atoms with E-state index in [-0.39, 0.29) is 11.6 Å². The molecule has 0 aliphatic carbocycles. The maximum absolute atomic E-state index is 13.1. The fraction of sp³-hybridized carbons (Fsp3) is 0.579. The summed E-state index contributed by atoms with van der Waals surface area (Å²) in [6.45, 7) is 10.9. The number of hydrogen-bond donors (Lipinski definition) is 1. The predicted molar refractivity (Wildman–Crippen MR) is 106 cm³/mol. The highest BCUT2D eigenvalue weighted by atomic mass is 79.9. The highest BCUT2D eigenvalue weighted by Crippen LogP contribution is 2.27. The van der Waals surface area contributed by atoms with Gasteiger partial charge in [-0.2, -0.15) is 0 Å². The van der Waals surface area contributed by atoms with E-state index >= 15 is 0 Å². The third-order valence-corrected chi connectivity index (χ3v) is 5.47. The number of aromatic nitrogens is 2. The molecule has 1 N–H and O–H groups in total. The van der Waals surface area contributed by atoms with Gasteiger partial charge in [-0.25, -0.2) is 4.98 Å². The van der Waals surface area contributed by atoms with Crippen molar-refractivity contribution >= 4 is 26.8 Å². The lowest BCUT2D eigenvalue weighted by Gasteiger charge is -2.35. The van der Waals surface area contributed by atoms with Crippen LogP contribution in [0.3, 0.4) is 0 Å². The number of rotatable bonds is 5. The number of benzene rings is 1. The lowest BCUT2D eigenvalue weighted by molar-refractivity contribution is 0.154. The Morgan fingerprint density at radius 2 is 2.00 bits per heavy atom. The number of nitrogens with one attached hydrogen (secondary N) is 1. The first-order valence-electron chi connectivity index (χ1n) is 9.22. The first kappa shape index (κ1) is 18.5. The molecule has 2 heterocycles. The number of nitrogens with zero attached hydrogens (tertiary/aromatic N) is 3. The largest absolute Gasteiger partial charge is 0.314 e. The molecule has 0 spiro atoms. The van der Waals surface area contributed by atoms with Crippen molar-refractivity contribution in [1.29, 1.82) is 0 Å². The predicted octanol–water partition coefficient (Wildman–Crippen LogP) is 3.23. The number of aryl methyl sites for hydroxylation is 1. The van der Waals surface area contributed by atoms with E-state index in [0.29, 0.717) is 11.9 Å². The first-order valence-corrected chi connectivity index (χ1v) is 10.0. The molecule has 1 aromatic heterocycles. The van der Waals surface area contributed by atoms with Crippen LogP contribution in [-0.2, 0) is 6.54 Å². The van der Waals surface area contributed by atoms with Gasteiger partial charge in [0, 0.05) is 37.2 Å². The van der Waals surface area contributed by atoms with Crippen molar-refractivity contribution in [2.45, 2.75) is 46.2 Å². The summed E-state index contributed by atoms with van der Waals surface area (Å²) in [6, 6.07) is 4.13. The summed E-state index contributed by atoms with van der Waals surface area (Å²) in [4.78, 5) is 20.6. The van der Waals surface area contributed by atoms with Gasteiger partial charge in [-0.15, -0.1) is 0 Å². The van der Waals surface area contributed by atoms with Gasteiger partial charge in [0.1, 0.15) is 5.82 Å². The molecule has 25 heavy (non-hydrogen) atoms. The third kappa shape index (κ3) is 3.66. The van der Waals surface area contributed by atoms with Crippen LogP contribution in [0.25, 0.3) is 10.9 Å². The van der Waals surface area contributed by atoms with E-state index in [0.717, 1.165) is 60.4 Å². The average Bonchev–Trinajstić information content (AvgIpc) is 2.61. The summed E-state index contributed by atoms with van der Waals surface area (Å²) in [5, 5.41) is 4.11. The number of hydrogen-bond acceptors (Lipinski definition) is 4. The van der Waals surface area contributed by atoms with Crippen molar-refractivity contribution in [2.75, 3.05) is 26.2 Å². The minimum atomic E-state index is 0.0723. The standard InChI is InChI=1S/C19H27BrN4O/c1-4-6-16(23-9-7-21-8-10-23)18-22-17-13(3)11-14(20)12-15(17)19(25)24(18)5-2/h11-12,16,21H,4-10H2,1-3H3. The Balaban J connectivity index is 2.20. The Hall–Kier alpha value is -1.24. The highest BCUT2D eigenvalue weighted by Gasteiger charge is 2.26. The van der Waals surface area contributed by atoms with Crippen LogP contribution in [-0.4, -0.2) is 40.6 Å². The van der Waals surface area contributed by atoms with Crippen molar-refractivity contribution in [3.8, 4) is 0 Å². The molecule has 1 unspecified atom stereocenters. The van der Waals surface area contributed by atoms with Crippen molar-refractivity contribution in [1.82, 2.24) is 19.8 Å². The quantitative estimate of drug-likeness (QED) is 0.827. The van der Waals surface area contributed by atoms with Crippen LogP contribution in [0.2, 0.25) is 0 Å². The average molecular weight is 407 g/mol. The molecule has 1 fully saturated rings. The molecular formula is C19H27BrN4O. The van der Waals surface area contributed by atoms with Crippen LogP contribution < -0.4 is 10.9 Å². The van der Waals surface area contributed by atoms with E-state index in [2.05, 4.69) is 33.1 Å². The van der Waals surface area contributed by atoms with Gasteiger partial charge >= 0.3 is 0 Å². The van der Waals surface area contributed by atoms with Crippen LogP contribution in [0.15, 0.2) is 21.4 Å². The second kappa shape index (κ2) is 7.98. The zero-order valence-electron chi connectivity index (χ0n) is 15.3. The number of piperazine rings is 1. The summed E-state index contributed by atoms with van der Waals surface area (Å²) in [5.41, 5.74) is 1.95. The van der Waals surface area contributed by atoms with Crippen LogP contribution in [0, 0.1) is 6.92 Å². The van der Waals surface area contributed by atoms with Gasteiger partial charge in [0.2, 0.25) is 0 Å². The Labute approximate surface area is 157 Å².